The molecule has 0 aromatic carbocycles. The first-order chi connectivity index (χ1) is 8.49. The van der Waals surface area contributed by atoms with Crippen LogP contribution in [-0.4, -0.2) is 43.0 Å². The van der Waals surface area contributed by atoms with E-state index < -0.39 is 0 Å². The summed E-state index contributed by atoms with van der Waals surface area (Å²) in [4.78, 5) is 20.0. The Morgan fingerprint density at radius 3 is 2.94 bits per heavy atom. The lowest BCUT2D eigenvalue weighted by Gasteiger charge is -2.20. The quantitative estimate of drug-likeness (QED) is 0.834. The van der Waals surface area contributed by atoms with Crippen molar-refractivity contribution in [3.63, 3.8) is 0 Å². The molecule has 1 aromatic rings. The molecule has 0 spiro atoms. The maximum Gasteiger partial charge on any atom is 0.227 e. The van der Waals surface area contributed by atoms with Crippen LogP contribution in [-0.2, 0) is 4.79 Å². The van der Waals surface area contributed by atoms with Crippen molar-refractivity contribution < 1.29 is 4.79 Å². The Kier molecular flexibility index (Phi) is 4.12. The minimum Gasteiger partial charge on any atom is -0.355 e. The van der Waals surface area contributed by atoms with E-state index in [2.05, 4.69) is 25.8 Å². The number of anilines is 1. The number of hydrogen-bond acceptors (Lipinski definition) is 3. The lowest BCUT2D eigenvalue weighted by Crippen LogP contribution is -2.32. The fourth-order valence-corrected chi connectivity index (χ4v) is 3.05. The second-order valence-electron chi connectivity index (χ2n) is 4.62. The van der Waals surface area contributed by atoms with E-state index in [9.17, 15) is 4.79 Å². The van der Waals surface area contributed by atoms with Crippen LogP contribution in [0.2, 0.25) is 5.02 Å². The van der Waals surface area contributed by atoms with Gasteiger partial charge in [0.15, 0.2) is 0 Å². The number of halogens is 2. The number of aromatic nitrogens is 1. The van der Waals surface area contributed by atoms with Crippen LogP contribution in [0.4, 0.5) is 5.82 Å². The maximum absolute atomic E-state index is 11.9. The third-order valence-electron chi connectivity index (χ3n) is 3.07. The van der Waals surface area contributed by atoms with Gasteiger partial charge in [-0.1, -0.05) is 11.6 Å². The van der Waals surface area contributed by atoms with E-state index in [0.717, 1.165) is 23.3 Å². The normalized spacial score (nSPS) is 19.1. The molecule has 18 heavy (non-hydrogen) atoms. The summed E-state index contributed by atoms with van der Waals surface area (Å²) >= 11 is 9.33. The Bertz CT molecular complexity index is 467. The third-order valence-corrected chi connectivity index (χ3v) is 3.86. The van der Waals surface area contributed by atoms with Crippen LogP contribution in [0.15, 0.2) is 16.7 Å². The van der Waals surface area contributed by atoms with Crippen molar-refractivity contribution in [2.45, 2.75) is 6.42 Å². The molecule has 1 amide bonds. The molecule has 1 unspecified atom stereocenters. The van der Waals surface area contributed by atoms with Gasteiger partial charge in [0.1, 0.15) is 5.82 Å². The van der Waals surface area contributed by atoms with Crippen LogP contribution in [0.5, 0.6) is 0 Å². The van der Waals surface area contributed by atoms with Crippen molar-refractivity contribution in [2.75, 3.05) is 32.1 Å². The minimum absolute atomic E-state index is 0.0596. The predicted molar refractivity (Wildman–Crippen MR) is 76.0 cm³/mol. The zero-order chi connectivity index (χ0) is 13.3. The molecule has 4 nitrogen and oxygen atoms in total. The molecule has 1 fully saturated rings. The molecule has 1 aliphatic heterocycles. The molecule has 1 aromatic heterocycles. The van der Waals surface area contributed by atoms with Crippen molar-refractivity contribution in [3.8, 4) is 0 Å². The number of pyridine rings is 1. The molecule has 0 N–H and O–H groups in total. The molecule has 1 atom stereocenters. The van der Waals surface area contributed by atoms with Gasteiger partial charge in [0, 0.05) is 33.4 Å². The van der Waals surface area contributed by atoms with Crippen molar-refractivity contribution in [2.24, 2.45) is 5.92 Å². The van der Waals surface area contributed by atoms with E-state index in [4.69, 9.17) is 11.6 Å². The first-order valence-corrected chi connectivity index (χ1v) is 6.93. The topological polar surface area (TPSA) is 36.4 Å². The Morgan fingerprint density at radius 2 is 2.33 bits per heavy atom. The van der Waals surface area contributed by atoms with Gasteiger partial charge >= 0.3 is 0 Å². The Hall–Kier alpha value is -0.810. The molecule has 6 heteroatoms. The first kappa shape index (κ1) is 13.6. The smallest absolute Gasteiger partial charge is 0.227 e. The molecular weight excluding hydrogens is 318 g/mol. The summed E-state index contributed by atoms with van der Waals surface area (Å²) in [6.45, 7) is 1.56. The van der Waals surface area contributed by atoms with Gasteiger partial charge in [-0.2, -0.15) is 0 Å². The number of nitrogens with zero attached hydrogens (tertiary/aromatic N) is 3. The van der Waals surface area contributed by atoms with Crippen molar-refractivity contribution in [1.29, 1.82) is 0 Å². The van der Waals surface area contributed by atoms with Gasteiger partial charge in [0.25, 0.3) is 0 Å². The fourth-order valence-electron chi connectivity index (χ4n) is 2.16. The largest absolute Gasteiger partial charge is 0.355 e. The number of carbonyl (C=O) groups is 1. The molecule has 1 saturated heterocycles. The second-order valence-corrected chi connectivity index (χ2v) is 5.91. The second kappa shape index (κ2) is 5.45. The molecule has 0 bridgehead atoms. The van der Waals surface area contributed by atoms with Gasteiger partial charge in [0.05, 0.1) is 15.4 Å². The monoisotopic (exact) mass is 331 g/mol. The Labute approximate surface area is 120 Å². The van der Waals surface area contributed by atoms with E-state index >= 15 is 0 Å². The average molecular weight is 333 g/mol. The molecule has 0 radical (unpaired) electrons. The summed E-state index contributed by atoms with van der Waals surface area (Å²) in [6.07, 6.45) is 2.50. The lowest BCUT2D eigenvalue weighted by molar-refractivity contribution is -0.132. The number of hydrogen-bond donors (Lipinski definition) is 0. The highest BCUT2D eigenvalue weighted by Gasteiger charge is 2.30. The van der Waals surface area contributed by atoms with Crippen molar-refractivity contribution >= 4 is 39.3 Å². The number of amides is 1. The number of carbonyl (C=O) groups excluding carboxylic acids is 1. The molecular formula is C12H15BrClN3O. The van der Waals surface area contributed by atoms with Gasteiger partial charge < -0.3 is 9.80 Å². The lowest BCUT2D eigenvalue weighted by atomic mass is 10.1. The van der Waals surface area contributed by atoms with Crippen molar-refractivity contribution in [1.82, 2.24) is 9.88 Å². The standard InChI is InChI=1S/C12H15BrClN3O/c1-16(2)12(18)8-3-4-17(7-8)11-10(13)5-9(14)6-15-11/h5-6,8H,3-4,7H2,1-2H3. The van der Waals surface area contributed by atoms with Gasteiger partial charge in [-0.25, -0.2) is 4.98 Å². The molecule has 2 heterocycles. The van der Waals surface area contributed by atoms with Crippen LogP contribution in [0.3, 0.4) is 0 Å². The summed E-state index contributed by atoms with van der Waals surface area (Å²) in [5.74, 6) is 1.10. The zero-order valence-electron chi connectivity index (χ0n) is 10.4. The molecule has 0 aliphatic carbocycles. The zero-order valence-corrected chi connectivity index (χ0v) is 12.7. The highest BCUT2D eigenvalue weighted by Crippen LogP contribution is 2.30. The highest BCUT2D eigenvalue weighted by molar-refractivity contribution is 9.10. The summed E-state index contributed by atoms with van der Waals surface area (Å²) in [7, 11) is 3.59. The third kappa shape index (κ3) is 2.78. The minimum atomic E-state index is 0.0596. The van der Waals surface area contributed by atoms with Gasteiger partial charge in [0.2, 0.25) is 5.91 Å². The summed E-state index contributed by atoms with van der Waals surface area (Å²) < 4.78 is 0.868. The fraction of sp³-hybridized carbons (Fsp3) is 0.500. The first-order valence-electron chi connectivity index (χ1n) is 5.76. The van der Waals surface area contributed by atoms with E-state index in [1.54, 1.807) is 25.2 Å². The SMILES string of the molecule is CN(C)C(=O)C1CCN(c2ncc(Cl)cc2Br)C1. The Morgan fingerprint density at radius 1 is 1.61 bits per heavy atom. The van der Waals surface area contributed by atoms with Crippen LogP contribution in [0.25, 0.3) is 0 Å². The van der Waals surface area contributed by atoms with Crippen LogP contribution < -0.4 is 4.90 Å². The van der Waals surface area contributed by atoms with Gasteiger partial charge in [-0.05, 0) is 28.4 Å². The van der Waals surface area contributed by atoms with E-state index in [0.29, 0.717) is 11.6 Å². The highest BCUT2D eigenvalue weighted by atomic mass is 79.9. The van der Waals surface area contributed by atoms with E-state index in [-0.39, 0.29) is 11.8 Å². The molecule has 1 aliphatic rings. The van der Waals surface area contributed by atoms with Gasteiger partial charge in [-0.3, -0.25) is 4.79 Å². The van der Waals surface area contributed by atoms with E-state index in [1.807, 2.05) is 6.07 Å². The van der Waals surface area contributed by atoms with Gasteiger partial charge in [-0.15, -0.1) is 0 Å². The van der Waals surface area contributed by atoms with Crippen LogP contribution in [0, 0.1) is 5.92 Å². The summed E-state index contributed by atoms with van der Waals surface area (Å²) in [5.41, 5.74) is 0. The van der Waals surface area contributed by atoms with Crippen LogP contribution in [0.1, 0.15) is 6.42 Å². The van der Waals surface area contributed by atoms with E-state index in [1.165, 1.54) is 0 Å². The molecule has 98 valence electrons. The van der Waals surface area contributed by atoms with Crippen molar-refractivity contribution in [3.05, 3.63) is 21.8 Å². The number of rotatable bonds is 2. The Balaban J connectivity index is 2.11. The summed E-state index contributed by atoms with van der Waals surface area (Å²) in [5, 5.41) is 0.603. The summed E-state index contributed by atoms with van der Waals surface area (Å²) in [6, 6.07) is 1.82. The maximum atomic E-state index is 11.9. The average Bonchev–Trinajstić information content (AvgIpc) is 2.77. The molecule has 0 saturated carbocycles. The van der Waals surface area contributed by atoms with Crippen LogP contribution >= 0.6 is 27.5 Å². The predicted octanol–water partition coefficient (Wildman–Crippen LogP) is 2.41. The molecule has 2 rings (SSSR count).